The first-order valence-corrected chi connectivity index (χ1v) is 8.94. The number of carbonyl (C=O) groups is 1. The number of carbonyl (C=O) groups excluding carboxylic acids is 1. The molecule has 26 heavy (non-hydrogen) atoms. The summed E-state index contributed by atoms with van der Waals surface area (Å²) < 4.78 is 5.32. The van der Waals surface area contributed by atoms with Gasteiger partial charge in [0.1, 0.15) is 6.04 Å². The number of aryl methyl sites for hydroxylation is 3. The van der Waals surface area contributed by atoms with Gasteiger partial charge in [-0.1, -0.05) is 53.7 Å². The van der Waals surface area contributed by atoms with Crippen molar-refractivity contribution in [2.75, 3.05) is 0 Å². The van der Waals surface area contributed by atoms with Gasteiger partial charge in [0.15, 0.2) is 5.82 Å². The van der Waals surface area contributed by atoms with E-state index >= 15 is 0 Å². The molecule has 3 aromatic rings. The van der Waals surface area contributed by atoms with Crippen LogP contribution in [0, 0.1) is 6.92 Å². The molecule has 0 fully saturated rings. The van der Waals surface area contributed by atoms with Gasteiger partial charge in [-0.3, -0.25) is 4.79 Å². The molecule has 1 aliphatic carbocycles. The minimum Gasteiger partial charge on any atom is -0.340 e. The number of hydrogen-bond acceptors (Lipinski definition) is 4. The molecule has 132 valence electrons. The Kier molecular flexibility index (Phi) is 4.52. The van der Waals surface area contributed by atoms with Crippen LogP contribution in [0.4, 0.5) is 0 Å². The van der Waals surface area contributed by atoms with Gasteiger partial charge in [0.2, 0.25) is 5.91 Å². The maximum Gasteiger partial charge on any atom is 0.253 e. The van der Waals surface area contributed by atoms with Gasteiger partial charge >= 0.3 is 0 Å². The van der Waals surface area contributed by atoms with Crippen LogP contribution >= 0.6 is 0 Å². The van der Waals surface area contributed by atoms with Crippen molar-refractivity contribution < 1.29 is 9.32 Å². The predicted molar refractivity (Wildman–Crippen MR) is 97.6 cm³/mol. The normalized spacial score (nSPS) is 14.0. The summed E-state index contributed by atoms with van der Waals surface area (Å²) in [5.41, 5.74) is 4.75. The molecule has 0 saturated carbocycles. The second-order valence-corrected chi connectivity index (χ2v) is 6.72. The topological polar surface area (TPSA) is 68.0 Å². The minimum absolute atomic E-state index is 0.0624. The highest BCUT2D eigenvalue weighted by molar-refractivity contribution is 5.79. The third kappa shape index (κ3) is 3.52. The zero-order chi connectivity index (χ0) is 17.9. The van der Waals surface area contributed by atoms with Crippen molar-refractivity contribution in [3.63, 3.8) is 0 Å². The maximum atomic E-state index is 12.7. The highest BCUT2D eigenvalue weighted by Crippen LogP contribution is 2.24. The number of hydrogen-bond donors (Lipinski definition) is 1. The van der Waals surface area contributed by atoms with Gasteiger partial charge in [0, 0.05) is 0 Å². The fourth-order valence-corrected chi connectivity index (χ4v) is 3.50. The van der Waals surface area contributed by atoms with Crippen molar-refractivity contribution in [2.24, 2.45) is 0 Å². The van der Waals surface area contributed by atoms with E-state index in [0.29, 0.717) is 18.1 Å². The number of benzene rings is 2. The fraction of sp³-hybridized carbons (Fsp3) is 0.286. The first-order valence-electron chi connectivity index (χ1n) is 8.94. The van der Waals surface area contributed by atoms with E-state index in [0.717, 1.165) is 24.0 Å². The molecule has 1 N–H and O–H groups in total. The summed E-state index contributed by atoms with van der Waals surface area (Å²) in [6.07, 6.45) is 3.80. The van der Waals surface area contributed by atoms with Gasteiger partial charge in [-0.15, -0.1) is 0 Å². The maximum absolute atomic E-state index is 12.7. The lowest BCUT2D eigenvalue weighted by molar-refractivity contribution is -0.121. The van der Waals surface area contributed by atoms with E-state index in [1.165, 1.54) is 17.5 Å². The largest absolute Gasteiger partial charge is 0.340 e. The molecule has 1 atom stereocenters. The number of fused-ring (bicyclic) bond motifs is 1. The van der Waals surface area contributed by atoms with Gasteiger partial charge in [-0.05, 0) is 48.4 Å². The molecule has 1 aromatic heterocycles. The molecular formula is C21H21N3O2. The lowest BCUT2D eigenvalue weighted by Crippen LogP contribution is -2.30. The lowest BCUT2D eigenvalue weighted by atomic mass is 10.0. The monoisotopic (exact) mass is 347 g/mol. The van der Waals surface area contributed by atoms with Gasteiger partial charge in [0.25, 0.3) is 5.89 Å². The van der Waals surface area contributed by atoms with Crippen molar-refractivity contribution in [1.82, 2.24) is 15.5 Å². The average Bonchev–Trinajstić information content (AvgIpc) is 3.29. The van der Waals surface area contributed by atoms with Gasteiger partial charge < -0.3 is 9.84 Å². The SMILES string of the molecule is Cc1noc(C(NC(=O)Cc2ccc3c(c2)CCC3)c2ccccc2)n1. The van der Waals surface area contributed by atoms with E-state index < -0.39 is 6.04 Å². The molecule has 0 radical (unpaired) electrons. The molecule has 4 rings (SSSR count). The van der Waals surface area contributed by atoms with E-state index in [-0.39, 0.29) is 5.91 Å². The third-order valence-electron chi connectivity index (χ3n) is 4.76. The zero-order valence-corrected chi connectivity index (χ0v) is 14.7. The number of nitrogens with one attached hydrogen (secondary N) is 1. The molecule has 5 heteroatoms. The third-order valence-corrected chi connectivity index (χ3v) is 4.76. The zero-order valence-electron chi connectivity index (χ0n) is 14.7. The van der Waals surface area contributed by atoms with E-state index in [1.54, 1.807) is 6.92 Å². The van der Waals surface area contributed by atoms with Crippen LogP contribution in [0.25, 0.3) is 0 Å². The second-order valence-electron chi connectivity index (χ2n) is 6.72. The van der Waals surface area contributed by atoms with Gasteiger partial charge in [-0.25, -0.2) is 0 Å². The van der Waals surface area contributed by atoms with Crippen LogP contribution in [0.1, 0.15) is 46.4 Å². The first-order chi connectivity index (χ1) is 12.7. The van der Waals surface area contributed by atoms with E-state index in [9.17, 15) is 4.79 Å². The van der Waals surface area contributed by atoms with Crippen molar-refractivity contribution in [2.45, 2.75) is 38.6 Å². The summed E-state index contributed by atoms with van der Waals surface area (Å²) in [7, 11) is 0. The van der Waals surface area contributed by atoms with E-state index in [2.05, 4.69) is 33.7 Å². The summed E-state index contributed by atoms with van der Waals surface area (Å²) in [4.78, 5) is 17.0. The molecule has 1 aliphatic rings. The van der Waals surface area contributed by atoms with Gasteiger partial charge in [-0.2, -0.15) is 4.98 Å². The van der Waals surface area contributed by atoms with Crippen LogP contribution in [-0.2, 0) is 24.1 Å². The average molecular weight is 347 g/mol. The summed E-state index contributed by atoms with van der Waals surface area (Å²) in [6.45, 7) is 1.77. The fourth-order valence-electron chi connectivity index (χ4n) is 3.50. The molecule has 0 aliphatic heterocycles. The quantitative estimate of drug-likeness (QED) is 0.769. The van der Waals surface area contributed by atoms with Crippen LogP contribution < -0.4 is 5.32 Å². The molecule has 0 saturated heterocycles. The van der Waals surface area contributed by atoms with Gasteiger partial charge in [0.05, 0.1) is 6.42 Å². The number of aromatic nitrogens is 2. The van der Waals surface area contributed by atoms with Crippen molar-refractivity contribution in [1.29, 1.82) is 0 Å². The molecule has 0 bridgehead atoms. The van der Waals surface area contributed by atoms with Crippen LogP contribution in [-0.4, -0.2) is 16.0 Å². The summed E-state index contributed by atoms with van der Waals surface area (Å²) in [5, 5.41) is 6.90. The number of amides is 1. The first kappa shape index (κ1) is 16.5. The molecule has 1 heterocycles. The number of rotatable bonds is 5. The molecule has 5 nitrogen and oxygen atoms in total. The summed E-state index contributed by atoms with van der Waals surface area (Å²) in [5.74, 6) is 0.887. The Morgan fingerprint density at radius 3 is 2.73 bits per heavy atom. The molecule has 2 aromatic carbocycles. The van der Waals surface area contributed by atoms with Crippen molar-refractivity contribution >= 4 is 5.91 Å². The Labute approximate surface area is 152 Å². The Balaban J connectivity index is 1.53. The van der Waals surface area contributed by atoms with Crippen LogP contribution in [0.3, 0.4) is 0 Å². The number of nitrogens with zero attached hydrogens (tertiary/aromatic N) is 2. The summed E-state index contributed by atoms with van der Waals surface area (Å²) in [6, 6.07) is 15.6. The minimum atomic E-state index is -0.445. The Morgan fingerprint density at radius 1 is 1.15 bits per heavy atom. The van der Waals surface area contributed by atoms with Crippen LogP contribution in [0.5, 0.6) is 0 Å². The molecule has 1 unspecified atom stereocenters. The lowest BCUT2D eigenvalue weighted by Gasteiger charge is -2.16. The molecule has 1 amide bonds. The molecule has 0 spiro atoms. The van der Waals surface area contributed by atoms with Crippen molar-refractivity contribution in [3.05, 3.63) is 82.5 Å². The van der Waals surface area contributed by atoms with Crippen LogP contribution in [0.2, 0.25) is 0 Å². The standard InChI is InChI=1S/C21H21N3O2/c1-14-22-21(26-24-14)20(17-6-3-2-4-7-17)23-19(25)13-15-10-11-16-8-5-9-18(16)12-15/h2-4,6-7,10-12,20H,5,8-9,13H2,1H3,(H,23,25). The Bertz CT molecular complexity index is 918. The van der Waals surface area contributed by atoms with E-state index in [4.69, 9.17) is 4.52 Å². The molecular weight excluding hydrogens is 326 g/mol. The van der Waals surface area contributed by atoms with Crippen LogP contribution in [0.15, 0.2) is 53.1 Å². The Hall–Kier alpha value is -2.95. The predicted octanol–water partition coefficient (Wildman–Crippen LogP) is 3.32. The second kappa shape index (κ2) is 7.12. The highest BCUT2D eigenvalue weighted by Gasteiger charge is 2.23. The highest BCUT2D eigenvalue weighted by atomic mass is 16.5. The smallest absolute Gasteiger partial charge is 0.253 e. The summed E-state index contributed by atoms with van der Waals surface area (Å²) >= 11 is 0. The van der Waals surface area contributed by atoms with Crippen molar-refractivity contribution in [3.8, 4) is 0 Å². The van der Waals surface area contributed by atoms with E-state index in [1.807, 2.05) is 30.3 Å². The Morgan fingerprint density at radius 2 is 1.96 bits per heavy atom.